The summed E-state index contributed by atoms with van der Waals surface area (Å²) in [5.41, 5.74) is 1.57. The van der Waals surface area contributed by atoms with Gasteiger partial charge in [-0.25, -0.2) is 4.79 Å². The van der Waals surface area contributed by atoms with E-state index in [-0.39, 0.29) is 29.9 Å². The van der Waals surface area contributed by atoms with Crippen LogP contribution in [0, 0.1) is 11.3 Å². The number of methoxy groups -OCH3 is 1. The summed E-state index contributed by atoms with van der Waals surface area (Å²) >= 11 is 19.3. The quantitative estimate of drug-likeness (QED) is 0.132. The minimum absolute atomic E-state index is 0.00815. The van der Waals surface area contributed by atoms with Crippen molar-refractivity contribution in [1.29, 1.82) is 5.41 Å². The zero-order valence-electron chi connectivity index (χ0n) is 21.7. The topological polar surface area (TPSA) is 99.8 Å². The predicted octanol–water partition coefficient (Wildman–Crippen LogP) is 7.87. The molecule has 9 heteroatoms. The first-order valence-electron chi connectivity index (χ1n) is 12.9. The second-order valence-corrected chi connectivity index (χ2v) is 11.5. The number of benzene rings is 3. The maximum Gasteiger partial charge on any atom is 0.337 e. The van der Waals surface area contributed by atoms with Crippen molar-refractivity contribution < 1.29 is 24.5 Å². The van der Waals surface area contributed by atoms with Gasteiger partial charge in [-0.15, -0.1) is 0 Å². The number of aliphatic hydroxyl groups is 2. The Labute approximate surface area is 247 Å². The van der Waals surface area contributed by atoms with Crippen LogP contribution in [0.2, 0.25) is 15.1 Å². The summed E-state index contributed by atoms with van der Waals surface area (Å²) in [6, 6.07) is 17.3. The van der Waals surface area contributed by atoms with Crippen molar-refractivity contribution in [3.63, 3.8) is 0 Å². The van der Waals surface area contributed by atoms with Crippen LogP contribution in [0.15, 0.2) is 72.0 Å². The number of nitrogens with one attached hydrogen (secondary N) is 1. The maximum absolute atomic E-state index is 11.9. The number of aliphatic hydroxyl groups excluding tert-OH is 1. The Morgan fingerprint density at radius 2 is 1.68 bits per heavy atom. The number of carbonyl (C=O) groups is 1. The van der Waals surface area contributed by atoms with Crippen molar-refractivity contribution in [2.24, 2.45) is 5.92 Å². The molecule has 6 nitrogen and oxygen atoms in total. The second-order valence-electron chi connectivity index (χ2n) is 10.3. The van der Waals surface area contributed by atoms with Crippen LogP contribution in [0.25, 0.3) is 0 Å². The van der Waals surface area contributed by atoms with Gasteiger partial charge in [0.15, 0.2) is 0 Å². The van der Waals surface area contributed by atoms with Crippen LogP contribution >= 0.6 is 34.8 Å². The lowest BCUT2D eigenvalue weighted by Gasteiger charge is -2.44. The molecule has 0 spiro atoms. The van der Waals surface area contributed by atoms with E-state index >= 15 is 0 Å². The van der Waals surface area contributed by atoms with Gasteiger partial charge in [-0.3, -0.25) is 5.41 Å². The molecule has 2 aliphatic carbocycles. The maximum atomic E-state index is 11.9. The van der Waals surface area contributed by atoms with Crippen molar-refractivity contribution in [3.05, 3.63) is 109 Å². The lowest BCUT2D eigenvalue weighted by atomic mass is 9.65. The first-order valence-corrected chi connectivity index (χ1v) is 14.0. The van der Waals surface area contributed by atoms with Crippen LogP contribution in [-0.4, -0.2) is 35.6 Å². The SMILES string of the molecule is COC(=O)c1cccc(C2CC(O)(c3ccc(OC/C(C(=N)c4c(Cl)cccc4Cl)=C(/O)C4CC4)cc3Cl)C2)c1. The zero-order chi connectivity index (χ0) is 28.6. The summed E-state index contributed by atoms with van der Waals surface area (Å²) in [6.07, 6.45) is 2.59. The summed E-state index contributed by atoms with van der Waals surface area (Å²) < 4.78 is 10.8. The van der Waals surface area contributed by atoms with E-state index in [1.807, 2.05) is 6.07 Å². The first kappa shape index (κ1) is 28.5. The molecule has 3 aromatic carbocycles. The van der Waals surface area contributed by atoms with Gasteiger partial charge in [-0.05, 0) is 73.6 Å². The van der Waals surface area contributed by atoms with Crippen molar-refractivity contribution in [2.75, 3.05) is 13.7 Å². The van der Waals surface area contributed by atoms with E-state index in [9.17, 15) is 15.0 Å². The highest BCUT2D eigenvalue weighted by atomic mass is 35.5. The van der Waals surface area contributed by atoms with E-state index in [0.29, 0.717) is 55.9 Å². The molecule has 208 valence electrons. The van der Waals surface area contributed by atoms with Gasteiger partial charge >= 0.3 is 5.97 Å². The molecule has 0 aliphatic heterocycles. The number of ether oxygens (including phenoxy) is 2. The standard InChI is InChI=1S/C31H28Cl3NO5/c1-39-30(37)19-5-2-4-18(12-19)20-14-31(38,15-20)23-11-10-21(13-26(23)34)40-16-22(29(36)17-8-9-17)28(35)27-24(32)6-3-7-25(27)33/h2-7,10-13,17,20,35-36,38H,8-9,14-16H2,1H3/b29-22-,35-28?. The number of rotatable bonds is 9. The minimum Gasteiger partial charge on any atom is -0.512 e. The van der Waals surface area contributed by atoms with Crippen LogP contribution < -0.4 is 4.74 Å². The molecular formula is C31H28Cl3NO5. The average molecular weight is 601 g/mol. The Morgan fingerprint density at radius 1 is 1.00 bits per heavy atom. The monoisotopic (exact) mass is 599 g/mol. The summed E-state index contributed by atoms with van der Waals surface area (Å²) in [4.78, 5) is 11.9. The molecule has 5 rings (SSSR count). The Morgan fingerprint density at radius 3 is 2.30 bits per heavy atom. The minimum atomic E-state index is -1.11. The van der Waals surface area contributed by atoms with Crippen molar-refractivity contribution in [1.82, 2.24) is 0 Å². The molecule has 3 N–H and O–H groups in total. The Balaban J connectivity index is 1.30. The Kier molecular flexibility index (Phi) is 8.16. The fourth-order valence-electron chi connectivity index (χ4n) is 5.13. The highest BCUT2D eigenvalue weighted by molar-refractivity contribution is 6.41. The first-order chi connectivity index (χ1) is 19.1. The fourth-order valence-corrected chi connectivity index (χ4v) is 6.06. The molecule has 40 heavy (non-hydrogen) atoms. The van der Waals surface area contributed by atoms with E-state index in [4.69, 9.17) is 49.7 Å². The van der Waals surface area contributed by atoms with E-state index in [2.05, 4.69) is 0 Å². The molecule has 0 bridgehead atoms. The summed E-state index contributed by atoms with van der Waals surface area (Å²) in [6.45, 7) is -0.0821. The molecule has 0 amide bonds. The molecule has 0 unspecified atom stereocenters. The van der Waals surface area contributed by atoms with Gasteiger partial charge in [0.05, 0.1) is 44.6 Å². The summed E-state index contributed by atoms with van der Waals surface area (Å²) in [5, 5.41) is 31.9. The highest BCUT2D eigenvalue weighted by Crippen LogP contribution is 2.52. The summed E-state index contributed by atoms with van der Waals surface area (Å²) in [7, 11) is 1.35. The van der Waals surface area contributed by atoms with Crippen LogP contribution in [0.5, 0.6) is 5.75 Å². The molecule has 2 aliphatic rings. The van der Waals surface area contributed by atoms with E-state index in [0.717, 1.165) is 18.4 Å². The largest absolute Gasteiger partial charge is 0.512 e. The number of esters is 1. The molecular weight excluding hydrogens is 573 g/mol. The number of carbonyl (C=O) groups excluding carboxylic acids is 1. The van der Waals surface area contributed by atoms with Gasteiger partial charge in [0, 0.05) is 17.0 Å². The molecule has 0 heterocycles. The van der Waals surface area contributed by atoms with Crippen LogP contribution in [0.3, 0.4) is 0 Å². The molecule has 2 fully saturated rings. The smallest absolute Gasteiger partial charge is 0.337 e. The third kappa shape index (κ3) is 5.72. The van der Waals surface area contributed by atoms with Crippen LogP contribution in [0.1, 0.15) is 58.6 Å². The molecule has 2 saturated carbocycles. The number of halogens is 3. The Hall–Kier alpha value is -3.03. The number of hydrogen-bond donors (Lipinski definition) is 3. The molecule has 0 saturated heterocycles. The van der Waals surface area contributed by atoms with E-state index in [1.165, 1.54) is 7.11 Å². The molecule has 0 atom stereocenters. The van der Waals surface area contributed by atoms with E-state index in [1.54, 1.807) is 54.6 Å². The molecule has 3 aromatic rings. The van der Waals surface area contributed by atoms with Gasteiger partial charge < -0.3 is 19.7 Å². The average Bonchev–Trinajstić information content (AvgIpc) is 3.77. The third-order valence-electron chi connectivity index (χ3n) is 7.56. The third-order valence-corrected chi connectivity index (χ3v) is 8.50. The van der Waals surface area contributed by atoms with Gasteiger partial charge in [-0.2, -0.15) is 0 Å². The lowest BCUT2D eigenvalue weighted by molar-refractivity contribution is -0.0549. The van der Waals surface area contributed by atoms with Gasteiger partial charge in [0.2, 0.25) is 0 Å². The molecule has 0 radical (unpaired) electrons. The fraction of sp³-hybridized carbons (Fsp3) is 0.290. The van der Waals surface area contributed by atoms with Crippen LogP contribution in [-0.2, 0) is 10.3 Å². The summed E-state index contributed by atoms with van der Waals surface area (Å²) in [5.74, 6) is 0.194. The van der Waals surface area contributed by atoms with Gasteiger partial charge in [0.1, 0.15) is 18.1 Å². The Bertz CT molecular complexity index is 1490. The van der Waals surface area contributed by atoms with E-state index < -0.39 is 11.6 Å². The predicted molar refractivity (Wildman–Crippen MR) is 156 cm³/mol. The highest BCUT2D eigenvalue weighted by Gasteiger charge is 2.45. The zero-order valence-corrected chi connectivity index (χ0v) is 24.0. The van der Waals surface area contributed by atoms with Crippen LogP contribution in [0.4, 0.5) is 0 Å². The van der Waals surface area contributed by atoms with Crippen molar-refractivity contribution in [3.8, 4) is 5.75 Å². The van der Waals surface area contributed by atoms with Gasteiger partial charge in [-0.1, -0.05) is 59.1 Å². The van der Waals surface area contributed by atoms with Crippen molar-refractivity contribution in [2.45, 2.75) is 37.2 Å². The molecule has 0 aromatic heterocycles. The van der Waals surface area contributed by atoms with Gasteiger partial charge in [0.25, 0.3) is 0 Å². The lowest BCUT2D eigenvalue weighted by Crippen LogP contribution is -2.40. The number of allylic oxidation sites excluding steroid dienone is 1. The normalized spacial score (nSPS) is 20.8. The van der Waals surface area contributed by atoms with Crippen molar-refractivity contribution >= 4 is 46.5 Å². The number of hydrogen-bond acceptors (Lipinski definition) is 6. The second kappa shape index (κ2) is 11.5.